The second-order valence-electron chi connectivity index (χ2n) is 8.87. The molecule has 0 saturated carbocycles. The summed E-state index contributed by atoms with van der Waals surface area (Å²) in [4.78, 5) is 19.8. The van der Waals surface area contributed by atoms with Gasteiger partial charge in [0.05, 0.1) is 12.2 Å². The van der Waals surface area contributed by atoms with E-state index >= 15 is 0 Å². The minimum absolute atomic E-state index is 0.0601. The molecule has 0 bridgehead atoms. The lowest BCUT2D eigenvalue weighted by Gasteiger charge is -2.49. The highest BCUT2D eigenvalue weighted by Gasteiger charge is 2.45. The van der Waals surface area contributed by atoms with Crippen molar-refractivity contribution in [2.75, 3.05) is 38.5 Å². The summed E-state index contributed by atoms with van der Waals surface area (Å²) in [5.41, 5.74) is 7.11. The predicted molar refractivity (Wildman–Crippen MR) is 113 cm³/mol. The lowest BCUT2D eigenvalue weighted by Crippen LogP contribution is -2.57. The van der Waals surface area contributed by atoms with Gasteiger partial charge in [0.25, 0.3) is 5.91 Å². The number of ether oxygens (including phenoxy) is 1. The maximum Gasteiger partial charge on any atom is 0.280 e. The summed E-state index contributed by atoms with van der Waals surface area (Å²) in [5, 5.41) is 7.11. The first-order chi connectivity index (χ1) is 14.5. The third-order valence-electron chi connectivity index (χ3n) is 6.91. The number of nitrogens with two attached hydrogens (primary N) is 1. The van der Waals surface area contributed by atoms with Gasteiger partial charge in [-0.1, -0.05) is 6.92 Å². The smallest absolute Gasteiger partial charge is 0.280 e. The predicted octanol–water partition coefficient (Wildman–Crippen LogP) is 2.30. The highest BCUT2D eigenvalue weighted by molar-refractivity contribution is 7.12. The fourth-order valence-electron chi connectivity index (χ4n) is 5.22. The number of aryl methyl sites for hydroxylation is 1. The molecule has 8 nitrogen and oxygen atoms in total. The first-order valence-electron chi connectivity index (χ1n) is 10.9. The monoisotopic (exact) mass is 431 g/mol. The number of nitrogens with zero attached hydrogens (tertiary/aromatic N) is 4. The third kappa shape index (κ3) is 3.33. The van der Waals surface area contributed by atoms with Gasteiger partial charge < -0.3 is 20.3 Å². The van der Waals surface area contributed by atoms with Crippen molar-refractivity contribution in [1.29, 1.82) is 0 Å². The zero-order chi connectivity index (χ0) is 20.9. The molecule has 0 unspecified atom stereocenters. The Balaban J connectivity index is 1.19. The van der Waals surface area contributed by atoms with Gasteiger partial charge in [0.1, 0.15) is 0 Å². The van der Waals surface area contributed by atoms with Crippen LogP contribution >= 0.6 is 11.3 Å². The van der Waals surface area contributed by atoms with Crippen LogP contribution in [0.15, 0.2) is 10.7 Å². The Bertz CT molecular complexity index is 937. The average Bonchev–Trinajstić information content (AvgIpc) is 3.32. The number of aromatic nitrogens is 2. The molecule has 5 rings (SSSR count). The molecule has 0 aromatic carbocycles. The Labute approximate surface area is 180 Å². The molecular weight excluding hydrogens is 402 g/mol. The highest BCUT2D eigenvalue weighted by atomic mass is 32.1. The second kappa shape index (κ2) is 7.62. The van der Waals surface area contributed by atoms with Gasteiger partial charge in [-0.2, -0.15) is 0 Å². The van der Waals surface area contributed by atoms with Crippen molar-refractivity contribution in [1.82, 2.24) is 20.1 Å². The van der Waals surface area contributed by atoms with Crippen LogP contribution in [0.4, 0.5) is 5.82 Å². The van der Waals surface area contributed by atoms with Gasteiger partial charge in [-0.25, -0.2) is 4.63 Å². The van der Waals surface area contributed by atoms with Gasteiger partial charge in [-0.3, -0.25) is 4.79 Å². The van der Waals surface area contributed by atoms with Crippen molar-refractivity contribution < 1.29 is 14.2 Å². The molecule has 1 spiro atoms. The summed E-state index contributed by atoms with van der Waals surface area (Å²) < 4.78 is 11.0. The topological polar surface area (TPSA) is 97.7 Å². The van der Waals surface area contributed by atoms with Crippen molar-refractivity contribution in [3.8, 4) is 0 Å². The average molecular weight is 432 g/mol. The molecule has 1 amide bonds. The summed E-state index contributed by atoms with van der Waals surface area (Å²) in [6.45, 7) is 8.87. The number of carbonyl (C=O) groups excluding carboxylic acids is 1. The van der Waals surface area contributed by atoms with Crippen molar-refractivity contribution >= 4 is 23.1 Å². The van der Waals surface area contributed by atoms with Crippen LogP contribution < -0.4 is 5.73 Å². The van der Waals surface area contributed by atoms with Crippen LogP contribution in [0.1, 0.15) is 52.5 Å². The van der Waals surface area contributed by atoms with Gasteiger partial charge in [-0.05, 0) is 48.1 Å². The number of anilines is 1. The number of carbonyl (C=O) groups is 1. The molecule has 2 atom stereocenters. The number of rotatable bonds is 4. The quantitative estimate of drug-likeness (QED) is 0.793. The number of likely N-dealkylation sites (tertiary alicyclic amines) is 2. The summed E-state index contributed by atoms with van der Waals surface area (Å²) in [6, 6.07) is 2.86. The summed E-state index contributed by atoms with van der Waals surface area (Å²) >= 11 is 1.97. The summed E-state index contributed by atoms with van der Waals surface area (Å²) in [5.74, 6) is 0.343. The normalized spacial score (nSPS) is 27.3. The van der Waals surface area contributed by atoms with E-state index in [0.717, 1.165) is 58.5 Å². The molecule has 2 aromatic heterocycles. The SMILES string of the molecule is CCc1cc2c(s1)CCO[C@@]21CCN(CC2CN(C(=O)c3nonc3N)C2)[C@@H](C)C1. The van der Waals surface area contributed by atoms with Gasteiger partial charge >= 0.3 is 0 Å². The van der Waals surface area contributed by atoms with E-state index in [1.54, 1.807) is 4.90 Å². The molecular formula is C21H29N5O3S. The maximum absolute atomic E-state index is 12.4. The molecule has 2 saturated heterocycles. The molecule has 9 heteroatoms. The van der Waals surface area contributed by atoms with Crippen molar-refractivity contribution in [2.24, 2.45) is 5.92 Å². The van der Waals surface area contributed by atoms with E-state index in [1.165, 1.54) is 15.3 Å². The number of thiophene rings is 1. The van der Waals surface area contributed by atoms with E-state index in [2.05, 4.69) is 39.8 Å². The van der Waals surface area contributed by atoms with Crippen LogP contribution in [0.3, 0.4) is 0 Å². The van der Waals surface area contributed by atoms with Crippen LogP contribution in [0, 0.1) is 5.92 Å². The van der Waals surface area contributed by atoms with Crippen LogP contribution in [-0.4, -0.2) is 64.8 Å². The fraction of sp³-hybridized carbons (Fsp3) is 0.667. The second-order valence-corrected chi connectivity index (χ2v) is 10.1. The molecule has 2 fully saturated rings. The van der Waals surface area contributed by atoms with E-state index in [-0.39, 0.29) is 23.0 Å². The first kappa shape index (κ1) is 20.0. The van der Waals surface area contributed by atoms with Crippen LogP contribution in [0.2, 0.25) is 0 Å². The first-order valence-corrected chi connectivity index (χ1v) is 11.7. The number of nitrogen functional groups attached to an aromatic ring is 1. The van der Waals surface area contributed by atoms with Crippen LogP contribution in [0.5, 0.6) is 0 Å². The zero-order valence-electron chi connectivity index (χ0n) is 17.6. The lowest BCUT2D eigenvalue weighted by atomic mass is 9.79. The Hall–Kier alpha value is -1.97. The Morgan fingerprint density at radius 3 is 2.93 bits per heavy atom. The number of hydrogen-bond donors (Lipinski definition) is 1. The Morgan fingerprint density at radius 2 is 2.23 bits per heavy atom. The van der Waals surface area contributed by atoms with Gasteiger partial charge in [0.2, 0.25) is 11.5 Å². The lowest BCUT2D eigenvalue weighted by molar-refractivity contribution is -0.114. The van der Waals surface area contributed by atoms with E-state index in [4.69, 9.17) is 10.5 Å². The van der Waals surface area contributed by atoms with Crippen LogP contribution in [0.25, 0.3) is 0 Å². The Morgan fingerprint density at radius 1 is 1.40 bits per heavy atom. The minimum atomic E-state index is -0.192. The minimum Gasteiger partial charge on any atom is -0.379 e. The van der Waals surface area contributed by atoms with Crippen molar-refractivity contribution in [3.63, 3.8) is 0 Å². The molecule has 162 valence electrons. The highest BCUT2D eigenvalue weighted by Crippen LogP contribution is 2.46. The number of hydrogen-bond acceptors (Lipinski definition) is 8. The molecule has 3 aliphatic rings. The van der Waals surface area contributed by atoms with E-state index in [9.17, 15) is 4.79 Å². The number of amides is 1. The largest absolute Gasteiger partial charge is 0.379 e. The molecule has 0 radical (unpaired) electrons. The molecule has 2 N–H and O–H groups in total. The van der Waals surface area contributed by atoms with Gasteiger partial charge in [0, 0.05) is 54.3 Å². The summed E-state index contributed by atoms with van der Waals surface area (Å²) in [7, 11) is 0. The molecule has 5 heterocycles. The molecule has 3 aliphatic heterocycles. The van der Waals surface area contributed by atoms with E-state index in [0.29, 0.717) is 12.0 Å². The molecule has 2 aromatic rings. The fourth-order valence-corrected chi connectivity index (χ4v) is 6.40. The van der Waals surface area contributed by atoms with Gasteiger partial charge in [0.15, 0.2) is 0 Å². The van der Waals surface area contributed by atoms with Gasteiger partial charge in [-0.15, -0.1) is 11.3 Å². The Kier molecular flexibility index (Phi) is 5.07. The van der Waals surface area contributed by atoms with Crippen LogP contribution in [-0.2, 0) is 23.2 Å². The maximum atomic E-state index is 12.4. The standard InChI is InChI=1S/C21H29N5O3S/c1-3-15-8-16-17(30-15)4-7-28-21(16)5-6-25(13(2)9-21)10-14-11-26(12-14)20(27)18-19(22)24-29-23-18/h8,13-14H,3-7,9-12H2,1-2H3,(H2,22,24)/t13-,21+/m0/s1. The molecule has 30 heavy (non-hydrogen) atoms. The third-order valence-corrected chi connectivity index (χ3v) is 8.25. The van der Waals surface area contributed by atoms with Crippen molar-refractivity contribution in [3.05, 3.63) is 27.1 Å². The number of piperidine rings is 1. The van der Waals surface area contributed by atoms with E-state index < -0.39 is 0 Å². The number of fused-ring (bicyclic) bond motifs is 2. The zero-order valence-corrected chi connectivity index (χ0v) is 18.4. The van der Waals surface area contributed by atoms with E-state index in [1.807, 2.05) is 11.3 Å². The van der Waals surface area contributed by atoms with Crippen molar-refractivity contribution in [2.45, 2.75) is 51.2 Å². The molecule has 0 aliphatic carbocycles. The summed E-state index contributed by atoms with van der Waals surface area (Å²) in [6.07, 6.45) is 4.23.